The zero-order valence-corrected chi connectivity index (χ0v) is 18.4. The van der Waals surface area contributed by atoms with Crippen molar-refractivity contribution in [2.75, 3.05) is 0 Å². The molecule has 0 heterocycles. The van der Waals surface area contributed by atoms with Gasteiger partial charge in [0.1, 0.15) is 0 Å². The van der Waals surface area contributed by atoms with Gasteiger partial charge in [0.25, 0.3) is 0 Å². The van der Waals surface area contributed by atoms with Gasteiger partial charge in [-0.3, -0.25) is 4.79 Å². The second-order valence-electron chi connectivity index (χ2n) is 8.14. The molecular formula is C25H32N2O4. The van der Waals surface area contributed by atoms with E-state index in [1.54, 1.807) is 6.08 Å². The molecule has 3 rings (SSSR count). The van der Waals surface area contributed by atoms with E-state index >= 15 is 0 Å². The molecule has 1 aliphatic rings. The molecule has 2 aromatic rings. The summed E-state index contributed by atoms with van der Waals surface area (Å²) in [6, 6.07) is 13.8. The van der Waals surface area contributed by atoms with Gasteiger partial charge in [0.05, 0.1) is 18.2 Å². The number of benzene rings is 2. The Morgan fingerprint density at radius 1 is 1.13 bits per heavy atom. The van der Waals surface area contributed by atoms with Crippen LogP contribution in [0.2, 0.25) is 0 Å². The molecule has 0 saturated carbocycles. The van der Waals surface area contributed by atoms with Crippen molar-refractivity contribution in [3.63, 3.8) is 0 Å². The van der Waals surface area contributed by atoms with Gasteiger partial charge >= 0.3 is 5.97 Å². The van der Waals surface area contributed by atoms with Gasteiger partial charge in [-0.15, -0.1) is 0 Å². The fourth-order valence-electron chi connectivity index (χ4n) is 4.16. The van der Waals surface area contributed by atoms with Gasteiger partial charge in [-0.25, -0.2) is 4.79 Å². The number of carboxylic acid groups (broad SMARTS) is 1. The number of carboxylic acids is 1. The Morgan fingerprint density at radius 3 is 2.48 bits per heavy atom. The lowest BCUT2D eigenvalue weighted by atomic mass is 9.87. The van der Waals surface area contributed by atoms with E-state index in [-0.39, 0.29) is 24.1 Å². The highest BCUT2D eigenvalue weighted by Gasteiger charge is 2.37. The number of fused-ring (bicyclic) bond motifs is 1. The minimum absolute atomic E-state index is 0.00629. The third-order valence-electron chi connectivity index (χ3n) is 5.88. The van der Waals surface area contributed by atoms with Crippen LogP contribution >= 0.6 is 0 Å². The van der Waals surface area contributed by atoms with Crippen molar-refractivity contribution in [3.8, 4) is 0 Å². The number of carbonyl (C=O) groups excluding carboxylic acids is 1. The summed E-state index contributed by atoms with van der Waals surface area (Å²) in [6.45, 7) is 6.13. The first-order valence-electron chi connectivity index (χ1n) is 11.0. The maximum atomic E-state index is 11.9. The lowest BCUT2D eigenvalue weighted by Crippen LogP contribution is -2.58. The molecule has 166 valence electrons. The van der Waals surface area contributed by atoms with Gasteiger partial charge in [0.2, 0.25) is 5.91 Å². The molecule has 3 N–H and O–H groups in total. The molecule has 0 bridgehead atoms. The van der Waals surface area contributed by atoms with Crippen LogP contribution in [0.4, 0.5) is 0 Å². The van der Waals surface area contributed by atoms with Crippen molar-refractivity contribution in [2.24, 2.45) is 0 Å². The van der Waals surface area contributed by atoms with Crippen molar-refractivity contribution in [1.29, 1.82) is 0 Å². The molecule has 1 aliphatic carbocycles. The SMILES string of the molecule is CCC(CC)O[C@@H]1C=C(C(=O)O)C[C@H](NCc2ccc3ccccc3c2)[C@H]1NC(C)=O. The quantitative estimate of drug-likeness (QED) is 0.570. The van der Waals surface area contributed by atoms with Gasteiger partial charge in [0, 0.05) is 25.1 Å². The lowest BCUT2D eigenvalue weighted by molar-refractivity contribution is -0.133. The Balaban J connectivity index is 1.82. The van der Waals surface area contributed by atoms with Crippen LogP contribution in [-0.4, -0.2) is 41.3 Å². The number of carbonyl (C=O) groups is 2. The lowest BCUT2D eigenvalue weighted by Gasteiger charge is -2.38. The van der Waals surface area contributed by atoms with E-state index in [0.29, 0.717) is 18.5 Å². The van der Waals surface area contributed by atoms with Crippen molar-refractivity contribution in [1.82, 2.24) is 10.6 Å². The molecule has 0 radical (unpaired) electrons. The topological polar surface area (TPSA) is 87.7 Å². The predicted octanol–water partition coefficient (Wildman–Crippen LogP) is 3.79. The van der Waals surface area contributed by atoms with E-state index in [9.17, 15) is 14.7 Å². The number of amides is 1. The van der Waals surface area contributed by atoms with E-state index in [2.05, 4.69) is 41.0 Å². The molecule has 0 fully saturated rings. The van der Waals surface area contributed by atoms with Crippen LogP contribution in [0.3, 0.4) is 0 Å². The molecule has 2 aromatic carbocycles. The van der Waals surface area contributed by atoms with E-state index in [0.717, 1.165) is 23.8 Å². The maximum absolute atomic E-state index is 11.9. The minimum atomic E-state index is -0.947. The summed E-state index contributed by atoms with van der Waals surface area (Å²) in [5.41, 5.74) is 1.41. The largest absolute Gasteiger partial charge is 0.478 e. The molecule has 3 atom stereocenters. The van der Waals surface area contributed by atoms with Crippen LogP contribution in [0.15, 0.2) is 54.1 Å². The van der Waals surface area contributed by atoms with E-state index in [1.165, 1.54) is 12.3 Å². The van der Waals surface area contributed by atoms with Crippen molar-refractivity contribution in [2.45, 2.75) is 70.9 Å². The van der Waals surface area contributed by atoms with Crippen LogP contribution in [0.25, 0.3) is 10.8 Å². The highest BCUT2D eigenvalue weighted by Crippen LogP contribution is 2.25. The van der Waals surface area contributed by atoms with Gasteiger partial charge in [-0.2, -0.15) is 0 Å². The monoisotopic (exact) mass is 424 g/mol. The van der Waals surface area contributed by atoms with Gasteiger partial charge in [-0.1, -0.05) is 50.2 Å². The first kappa shape index (κ1) is 23.0. The van der Waals surface area contributed by atoms with E-state index in [4.69, 9.17) is 4.74 Å². The van der Waals surface area contributed by atoms with Crippen LogP contribution < -0.4 is 10.6 Å². The van der Waals surface area contributed by atoms with Crippen molar-refractivity contribution < 1.29 is 19.4 Å². The van der Waals surface area contributed by atoms with Crippen LogP contribution in [0.1, 0.15) is 45.6 Å². The molecule has 6 nitrogen and oxygen atoms in total. The Morgan fingerprint density at radius 2 is 1.84 bits per heavy atom. The van der Waals surface area contributed by atoms with Crippen molar-refractivity contribution >= 4 is 22.6 Å². The normalized spacial score (nSPS) is 21.2. The average Bonchev–Trinajstić information content (AvgIpc) is 2.76. The van der Waals surface area contributed by atoms with Crippen LogP contribution in [0, 0.1) is 0 Å². The zero-order valence-electron chi connectivity index (χ0n) is 18.4. The summed E-state index contributed by atoms with van der Waals surface area (Å²) < 4.78 is 6.23. The second kappa shape index (κ2) is 10.6. The summed E-state index contributed by atoms with van der Waals surface area (Å²) in [5.74, 6) is -1.11. The minimum Gasteiger partial charge on any atom is -0.478 e. The summed E-state index contributed by atoms with van der Waals surface area (Å²) in [6.07, 6.45) is 3.14. The first-order valence-corrected chi connectivity index (χ1v) is 11.0. The number of rotatable bonds is 9. The molecular weight excluding hydrogens is 392 g/mol. The third-order valence-corrected chi connectivity index (χ3v) is 5.88. The van der Waals surface area contributed by atoms with Crippen LogP contribution in [0.5, 0.6) is 0 Å². The third kappa shape index (κ3) is 5.93. The zero-order chi connectivity index (χ0) is 22.4. The predicted molar refractivity (Wildman–Crippen MR) is 122 cm³/mol. The van der Waals surface area contributed by atoms with Gasteiger partial charge in [0.15, 0.2) is 0 Å². The second-order valence-corrected chi connectivity index (χ2v) is 8.14. The first-order chi connectivity index (χ1) is 14.9. The van der Waals surface area contributed by atoms with E-state index in [1.807, 2.05) is 26.0 Å². The number of hydrogen-bond donors (Lipinski definition) is 3. The molecule has 1 amide bonds. The number of aliphatic carboxylic acids is 1. The molecule has 0 aliphatic heterocycles. The summed E-state index contributed by atoms with van der Waals surface area (Å²) >= 11 is 0. The van der Waals surface area contributed by atoms with Crippen molar-refractivity contribution in [3.05, 3.63) is 59.7 Å². The molecule has 31 heavy (non-hydrogen) atoms. The molecule has 0 aromatic heterocycles. The standard InChI is InChI=1S/C25H32N2O4/c1-4-21(5-2)31-23-14-20(25(29)30)13-22(24(23)27-16(3)28)26-15-17-10-11-18-8-6-7-9-19(18)12-17/h6-12,14,21-24,26H,4-5,13,15H2,1-3H3,(H,27,28)(H,29,30)/t22-,23+,24+/m0/s1. The molecule has 0 unspecified atom stereocenters. The highest BCUT2D eigenvalue weighted by molar-refractivity contribution is 5.87. The average molecular weight is 425 g/mol. The van der Waals surface area contributed by atoms with E-state index < -0.39 is 12.1 Å². The Bertz CT molecular complexity index is 951. The fraction of sp³-hybridized carbons (Fsp3) is 0.440. The molecule has 6 heteroatoms. The summed E-state index contributed by atoms with van der Waals surface area (Å²) in [5, 5.41) is 18.5. The smallest absolute Gasteiger partial charge is 0.331 e. The highest BCUT2D eigenvalue weighted by atomic mass is 16.5. The number of hydrogen-bond acceptors (Lipinski definition) is 4. The summed E-state index contributed by atoms with van der Waals surface area (Å²) in [7, 11) is 0. The molecule has 0 spiro atoms. The number of ether oxygens (including phenoxy) is 1. The Kier molecular flexibility index (Phi) is 7.82. The van der Waals surface area contributed by atoms with Crippen LogP contribution in [-0.2, 0) is 20.9 Å². The summed E-state index contributed by atoms with van der Waals surface area (Å²) in [4.78, 5) is 23.7. The Labute approximate surface area is 183 Å². The van der Waals surface area contributed by atoms with Gasteiger partial charge < -0.3 is 20.5 Å². The molecule has 0 saturated heterocycles. The maximum Gasteiger partial charge on any atom is 0.331 e. The van der Waals surface area contributed by atoms with Gasteiger partial charge in [-0.05, 0) is 47.7 Å². The number of nitrogens with one attached hydrogen (secondary N) is 2. The fourth-order valence-corrected chi connectivity index (χ4v) is 4.16. The Hall–Kier alpha value is -2.70.